The van der Waals surface area contributed by atoms with E-state index in [4.69, 9.17) is 15.1 Å². The Hall–Kier alpha value is -1.34. The molecule has 1 N–H and O–H groups in total. The lowest BCUT2D eigenvalue weighted by atomic mass is 10.3. The van der Waals surface area contributed by atoms with Crippen LogP contribution < -0.4 is 4.74 Å². The fraction of sp³-hybridized carbons (Fsp3) is 0.125. The number of benzene rings is 1. The minimum Gasteiger partial charge on any atom is -0.508 e. The van der Waals surface area contributed by atoms with E-state index in [-0.39, 0.29) is 5.75 Å². The van der Waals surface area contributed by atoms with Crippen molar-refractivity contribution in [1.29, 1.82) is 5.26 Å². The van der Waals surface area contributed by atoms with Crippen LogP contribution in [-0.2, 0) is 0 Å². The second kappa shape index (κ2) is 3.88. The quantitative estimate of drug-likeness (QED) is 0.559. The molecule has 12 heavy (non-hydrogen) atoms. The fourth-order valence-corrected chi connectivity index (χ4v) is 1.27. The van der Waals surface area contributed by atoms with Gasteiger partial charge < -0.3 is 9.84 Å². The molecule has 0 unspecified atom stereocenters. The first-order valence-electron chi connectivity index (χ1n) is 3.21. The summed E-state index contributed by atoms with van der Waals surface area (Å²) in [6.07, 6.45) is 0. The van der Waals surface area contributed by atoms with Gasteiger partial charge in [0.2, 0.25) is 0 Å². The van der Waals surface area contributed by atoms with Gasteiger partial charge >= 0.3 is 0 Å². The van der Waals surface area contributed by atoms with Crippen molar-refractivity contribution in [1.82, 2.24) is 0 Å². The van der Waals surface area contributed by atoms with Crippen LogP contribution in [0.25, 0.3) is 0 Å². The Morgan fingerprint density at radius 3 is 2.92 bits per heavy atom. The molecule has 0 aliphatic carbocycles. The van der Waals surface area contributed by atoms with Gasteiger partial charge in [0.15, 0.2) is 0 Å². The standard InChI is InChI=1S/C8H7NO2S/c1-11-7-4-6(10)2-3-8(7)12-5-9/h2-4,10H,1H3. The van der Waals surface area contributed by atoms with Gasteiger partial charge in [0, 0.05) is 6.07 Å². The molecule has 0 aliphatic rings. The maximum absolute atomic E-state index is 9.06. The molecule has 0 spiro atoms. The largest absolute Gasteiger partial charge is 0.508 e. The number of nitriles is 1. The van der Waals surface area contributed by atoms with Crippen LogP contribution in [0, 0.1) is 10.7 Å². The summed E-state index contributed by atoms with van der Waals surface area (Å²) in [7, 11) is 1.50. The lowest BCUT2D eigenvalue weighted by molar-refractivity contribution is 0.398. The number of thioether (sulfide) groups is 1. The normalized spacial score (nSPS) is 9.00. The van der Waals surface area contributed by atoms with Crippen molar-refractivity contribution in [3.05, 3.63) is 18.2 Å². The highest BCUT2D eigenvalue weighted by atomic mass is 32.2. The average Bonchev–Trinajstić information content (AvgIpc) is 2.08. The van der Waals surface area contributed by atoms with Crippen molar-refractivity contribution in [3.8, 4) is 16.9 Å². The Kier molecular flexibility index (Phi) is 2.83. The van der Waals surface area contributed by atoms with E-state index in [1.165, 1.54) is 19.2 Å². The first-order valence-corrected chi connectivity index (χ1v) is 4.02. The van der Waals surface area contributed by atoms with Gasteiger partial charge in [-0.1, -0.05) is 0 Å². The molecule has 0 saturated carbocycles. The van der Waals surface area contributed by atoms with Gasteiger partial charge in [-0.25, -0.2) is 0 Å². The Morgan fingerprint density at radius 2 is 2.33 bits per heavy atom. The molecule has 0 heterocycles. The number of ether oxygens (including phenoxy) is 1. The Labute approximate surface area is 74.6 Å². The van der Waals surface area contributed by atoms with E-state index in [2.05, 4.69) is 0 Å². The third-order valence-electron chi connectivity index (χ3n) is 1.30. The van der Waals surface area contributed by atoms with E-state index in [0.717, 1.165) is 11.8 Å². The maximum atomic E-state index is 9.06. The van der Waals surface area contributed by atoms with Gasteiger partial charge in [-0.15, -0.1) is 0 Å². The number of phenolic OH excluding ortho intramolecular Hbond substituents is 1. The van der Waals surface area contributed by atoms with E-state index in [1.807, 2.05) is 5.40 Å². The molecule has 1 rings (SSSR count). The summed E-state index contributed by atoms with van der Waals surface area (Å²) in [6, 6.07) is 4.63. The number of hydrogen-bond acceptors (Lipinski definition) is 4. The number of nitrogens with zero attached hydrogens (tertiary/aromatic N) is 1. The van der Waals surface area contributed by atoms with Crippen LogP contribution in [0.1, 0.15) is 0 Å². The summed E-state index contributed by atoms with van der Waals surface area (Å²) in [5, 5.41) is 19.4. The smallest absolute Gasteiger partial charge is 0.138 e. The Morgan fingerprint density at radius 1 is 1.58 bits per heavy atom. The highest BCUT2D eigenvalue weighted by Crippen LogP contribution is 2.31. The summed E-state index contributed by atoms with van der Waals surface area (Å²) >= 11 is 1.00. The lowest BCUT2D eigenvalue weighted by Gasteiger charge is -2.03. The van der Waals surface area contributed by atoms with Crippen LogP contribution in [-0.4, -0.2) is 12.2 Å². The molecule has 0 bridgehead atoms. The van der Waals surface area contributed by atoms with E-state index >= 15 is 0 Å². The average molecular weight is 181 g/mol. The summed E-state index contributed by atoms with van der Waals surface area (Å²) in [5.41, 5.74) is 0. The molecule has 0 radical (unpaired) electrons. The molecule has 0 fully saturated rings. The number of hydrogen-bond donors (Lipinski definition) is 1. The lowest BCUT2D eigenvalue weighted by Crippen LogP contribution is -1.84. The number of phenols is 1. The van der Waals surface area contributed by atoms with Gasteiger partial charge in [0.05, 0.1) is 12.0 Å². The zero-order valence-electron chi connectivity index (χ0n) is 6.44. The molecule has 62 valence electrons. The predicted octanol–water partition coefficient (Wildman–Crippen LogP) is 1.97. The van der Waals surface area contributed by atoms with Crippen LogP contribution in [0.15, 0.2) is 23.1 Å². The predicted molar refractivity (Wildman–Crippen MR) is 46.1 cm³/mol. The minimum atomic E-state index is 0.133. The van der Waals surface area contributed by atoms with Crippen LogP contribution in [0.5, 0.6) is 11.5 Å². The molecule has 1 aromatic carbocycles. The van der Waals surface area contributed by atoms with Gasteiger partial charge in [-0.2, -0.15) is 5.26 Å². The molecule has 4 heteroatoms. The molecule has 1 aromatic rings. The summed E-state index contributed by atoms with van der Waals surface area (Å²) < 4.78 is 4.95. The van der Waals surface area contributed by atoms with E-state index in [1.54, 1.807) is 6.07 Å². The van der Waals surface area contributed by atoms with Crippen molar-refractivity contribution in [2.24, 2.45) is 0 Å². The number of thiocyanates is 1. The van der Waals surface area contributed by atoms with Crippen molar-refractivity contribution < 1.29 is 9.84 Å². The van der Waals surface area contributed by atoms with Crippen molar-refractivity contribution in [2.75, 3.05) is 7.11 Å². The molecule has 3 nitrogen and oxygen atoms in total. The highest BCUT2D eigenvalue weighted by molar-refractivity contribution is 8.03. The van der Waals surface area contributed by atoms with Gasteiger partial charge in [0.25, 0.3) is 0 Å². The zero-order chi connectivity index (χ0) is 8.97. The first-order chi connectivity index (χ1) is 5.77. The Balaban J connectivity index is 3.04. The topological polar surface area (TPSA) is 53.2 Å². The maximum Gasteiger partial charge on any atom is 0.138 e. The third-order valence-corrected chi connectivity index (χ3v) is 1.95. The Bertz CT molecular complexity index is 319. The minimum absolute atomic E-state index is 0.133. The van der Waals surface area contributed by atoms with E-state index in [0.29, 0.717) is 10.6 Å². The second-order valence-corrected chi connectivity index (χ2v) is 2.86. The van der Waals surface area contributed by atoms with Crippen LogP contribution in [0.4, 0.5) is 0 Å². The fourth-order valence-electron chi connectivity index (χ4n) is 0.790. The monoisotopic (exact) mass is 181 g/mol. The zero-order valence-corrected chi connectivity index (χ0v) is 7.26. The van der Waals surface area contributed by atoms with Crippen LogP contribution in [0.2, 0.25) is 0 Å². The molecule has 0 aliphatic heterocycles. The van der Waals surface area contributed by atoms with Crippen molar-refractivity contribution >= 4 is 11.8 Å². The van der Waals surface area contributed by atoms with Gasteiger partial charge in [-0.05, 0) is 23.9 Å². The SMILES string of the molecule is COc1cc(O)ccc1SC#N. The van der Waals surface area contributed by atoms with Gasteiger partial charge in [-0.3, -0.25) is 0 Å². The highest BCUT2D eigenvalue weighted by Gasteiger charge is 2.03. The van der Waals surface area contributed by atoms with Crippen molar-refractivity contribution in [3.63, 3.8) is 0 Å². The third kappa shape index (κ3) is 1.83. The number of rotatable bonds is 2. The summed E-state index contributed by atoms with van der Waals surface area (Å²) in [4.78, 5) is 0.706. The van der Waals surface area contributed by atoms with E-state index in [9.17, 15) is 0 Å². The summed E-state index contributed by atoms with van der Waals surface area (Å²) in [5.74, 6) is 0.649. The molecular formula is C8H7NO2S. The molecule has 0 atom stereocenters. The second-order valence-electron chi connectivity index (χ2n) is 2.03. The number of methoxy groups -OCH3 is 1. The molecule has 0 saturated heterocycles. The molecule has 0 amide bonds. The summed E-state index contributed by atoms with van der Waals surface area (Å²) in [6.45, 7) is 0. The van der Waals surface area contributed by atoms with Crippen molar-refractivity contribution in [2.45, 2.75) is 4.90 Å². The first kappa shape index (κ1) is 8.75. The molecular weight excluding hydrogens is 174 g/mol. The van der Waals surface area contributed by atoms with Crippen LogP contribution in [0.3, 0.4) is 0 Å². The van der Waals surface area contributed by atoms with E-state index < -0.39 is 0 Å². The van der Waals surface area contributed by atoms with Crippen LogP contribution >= 0.6 is 11.8 Å². The number of aromatic hydroxyl groups is 1. The molecule has 0 aromatic heterocycles. The van der Waals surface area contributed by atoms with Gasteiger partial charge in [0.1, 0.15) is 16.9 Å².